The second-order valence-electron chi connectivity index (χ2n) is 12.2. The topological polar surface area (TPSA) is 36.7 Å². The highest BCUT2D eigenvalue weighted by atomic mass is 14.7. The van der Waals surface area contributed by atoms with Crippen LogP contribution in [0.1, 0.15) is 27.9 Å². The fraction of sp³-hybridized carbons (Fsp3) is 0.0222. The van der Waals surface area contributed by atoms with Crippen LogP contribution in [-0.4, -0.2) is 4.98 Å². The molecule has 2 nitrogen and oxygen atoms in total. The molecule has 0 atom stereocenters. The molecule has 0 fully saturated rings. The van der Waals surface area contributed by atoms with Crippen LogP contribution < -0.4 is 0 Å². The Morgan fingerprint density at radius 3 is 1.83 bits per heavy atom. The molecule has 1 aliphatic rings. The van der Waals surface area contributed by atoms with Crippen LogP contribution in [0.2, 0.25) is 0 Å². The van der Waals surface area contributed by atoms with Crippen molar-refractivity contribution < 1.29 is 0 Å². The first-order valence-corrected chi connectivity index (χ1v) is 15.9. The summed E-state index contributed by atoms with van der Waals surface area (Å²) < 4.78 is 0. The summed E-state index contributed by atoms with van der Waals surface area (Å²) in [6, 6.07) is 61.4. The Balaban J connectivity index is 1.43. The summed E-state index contributed by atoms with van der Waals surface area (Å²) in [6.07, 6.45) is 1.71. The summed E-state index contributed by atoms with van der Waals surface area (Å²) in [4.78, 5) is 4.20. The van der Waals surface area contributed by atoms with Gasteiger partial charge in [-0.2, -0.15) is 5.26 Å². The molecule has 9 rings (SSSR count). The van der Waals surface area contributed by atoms with Gasteiger partial charge in [0.2, 0.25) is 0 Å². The van der Waals surface area contributed by atoms with Crippen LogP contribution in [0.4, 0.5) is 0 Å². The third-order valence-electron chi connectivity index (χ3n) is 9.83. The molecule has 0 bridgehead atoms. The fourth-order valence-corrected chi connectivity index (χ4v) is 7.88. The molecule has 0 saturated carbocycles. The molecule has 1 aliphatic carbocycles. The third-order valence-corrected chi connectivity index (χ3v) is 9.83. The van der Waals surface area contributed by atoms with Crippen molar-refractivity contribution in [1.82, 2.24) is 4.98 Å². The van der Waals surface area contributed by atoms with Crippen molar-refractivity contribution in [3.05, 3.63) is 198 Å². The van der Waals surface area contributed by atoms with E-state index >= 15 is 0 Å². The summed E-state index contributed by atoms with van der Waals surface area (Å²) >= 11 is 0. The molecule has 0 N–H and O–H groups in total. The lowest BCUT2D eigenvalue weighted by atomic mass is 9.67. The smallest absolute Gasteiger partial charge is 0.141 e. The van der Waals surface area contributed by atoms with Crippen LogP contribution >= 0.6 is 0 Å². The summed E-state index contributed by atoms with van der Waals surface area (Å²) in [5, 5.41) is 14.5. The van der Waals surface area contributed by atoms with E-state index in [-0.39, 0.29) is 0 Å². The number of rotatable bonds is 4. The zero-order chi connectivity index (χ0) is 31.4. The number of aromatic nitrogens is 1. The van der Waals surface area contributed by atoms with E-state index in [0.717, 1.165) is 16.7 Å². The van der Waals surface area contributed by atoms with E-state index in [1.165, 1.54) is 60.5 Å². The number of pyridine rings is 1. The number of hydrogen-bond acceptors (Lipinski definition) is 2. The van der Waals surface area contributed by atoms with E-state index < -0.39 is 5.41 Å². The van der Waals surface area contributed by atoms with Crippen LogP contribution in [-0.2, 0) is 5.41 Å². The molecule has 0 unspecified atom stereocenters. The molecule has 0 saturated heterocycles. The summed E-state index contributed by atoms with van der Waals surface area (Å²) in [5.41, 5.74) is 11.9. The predicted molar refractivity (Wildman–Crippen MR) is 192 cm³/mol. The standard InChI is InChI=1S/C45H28N2/c46-29-36-27-32(24-25-47-36)31-13-11-14-33(26-31)40-28-42-44(39-21-10-9-20-38(39)40)43-37-19-8-7-12-30(37)22-23-41(43)45(42,34-15-3-1-4-16-34)35-17-5-2-6-18-35/h1-28H. The summed E-state index contributed by atoms with van der Waals surface area (Å²) in [7, 11) is 0. The van der Waals surface area contributed by atoms with Gasteiger partial charge >= 0.3 is 0 Å². The van der Waals surface area contributed by atoms with Crippen molar-refractivity contribution in [3.8, 4) is 39.4 Å². The molecule has 47 heavy (non-hydrogen) atoms. The Bertz CT molecular complexity index is 2480. The lowest BCUT2D eigenvalue weighted by Crippen LogP contribution is -2.28. The zero-order valence-corrected chi connectivity index (χ0v) is 25.6. The number of nitriles is 1. The summed E-state index contributed by atoms with van der Waals surface area (Å²) in [6.45, 7) is 0. The molecule has 1 heterocycles. The Hall–Kier alpha value is -6.30. The van der Waals surface area contributed by atoms with Crippen molar-refractivity contribution in [3.63, 3.8) is 0 Å². The minimum Gasteiger partial charge on any atom is -0.246 e. The maximum Gasteiger partial charge on any atom is 0.141 e. The van der Waals surface area contributed by atoms with Gasteiger partial charge in [-0.1, -0.05) is 140 Å². The van der Waals surface area contributed by atoms with Crippen LogP contribution in [0, 0.1) is 11.3 Å². The zero-order valence-electron chi connectivity index (χ0n) is 25.6. The van der Waals surface area contributed by atoms with Gasteiger partial charge in [0.1, 0.15) is 11.8 Å². The average Bonchev–Trinajstić information content (AvgIpc) is 3.47. The van der Waals surface area contributed by atoms with E-state index in [4.69, 9.17) is 0 Å². The van der Waals surface area contributed by atoms with Crippen LogP contribution in [0.3, 0.4) is 0 Å². The number of fused-ring (bicyclic) bond motifs is 7. The van der Waals surface area contributed by atoms with Gasteiger partial charge in [0.15, 0.2) is 0 Å². The fourth-order valence-electron chi connectivity index (χ4n) is 7.88. The second kappa shape index (κ2) is 10.7. The second-order valence-corrected chi connectivity index (χ2v) is 12.2. The maximum atomic E-state index is 9.51. The minimum absolute atomic E-state index is 0.413. The van der Waals surface area contributed by atoms with Gasteiger partial charge in [-0.05, 0) is 101 Å². The molecule has 2 heteroatoms. The molecule has 8 aromatic rings. The monoisotopic (exact) mass is 596 g/mol. The molecular weight excluding hydrogens is 569 g/mol. The Labute approximate surface area is 273 Å². The lowest BCUT2D eigenvalue weighted by molar-refractivity contribution is 0.770. The van der Waals surface area contributed by atoms with Crippen LogP contribution in [0.15, 0.2) is 170 Å². The van der Waals surface area contributed by atoms with Crippen LogP contribution in [0.5, 0.6) is 0 Å². The quantitative estimate of drug-likeness (QED) is 0.203. The normalized spacial score (nSPS) is 12.8. The van der Waals surface area contributed by atoms with E-state index in [0.29, 0.717) is 5.69 Å². The highest BCUT2D eigenvalue weighted by Crippen LogP contribution is 2.60. The van der Waals surface area contributed by atoms with Crippen molar-refractivity contribution in [1.29, 1.82) is 5.26 Å². The number of benzene rings is 7. The molecule has 0 amide bonds. The van der Waals surface area contributed by atoms with E-state index in [1.807, 2.05) is 12.1 Å². The van der Waals surface area contributed by atoms with Crippen molar-refractivity contribution in [2.75, 3.05) is 0 Å². The minimum atomic E-state index is -0.527. The van der Waals surface area contributed by atoms with Crippen LogP contribution in [0.25, 0.3) is 54.9 Å². The molecule has 1 aromatic heterocycles. The Morgan fingerprint density at radius 1 is 0.468 bits per heavy atom. The van der Waals surface area contributed by atoms with Crippen molar-refractivity contribution in [2.45, 2.75) is 5.41 Å². The highest BCUT2D eigenvalue weighted by molar-refractivity contribution is 6.15. The van der Waals surface area contributed by atoms with Crippen molar-refractivity contribution in [2.24, 2.45) is 0 Å². The maximum absolute atomic E-state index is 9.51. The highest BCUT2D eigenvalue weighted by Gasteiger charge is 2.47. The van der Waals surface area contributed by atoms with Gasteiger partial charge in [0, 0.05) is 6.20 Å². The number of hydrogen-bond donors (Lipinski definition) is 0. The average molecular weight is 597 g/mol. The first-order chi connectivity index (χ1) is 23.3. The third kappa shape index (κ3) is 4.00. The van der Waals surface area contributed by atoms with E-state index in [1.54, 1.807) is 6.20 Å². The van der Waals surface area contributed by atoms with Gasteiger partial charge in [0.05, 0.1) is 5.41 Å². The largest absolute Gasteiger partial charge is 0.246 e. The van der Waals surface area contributed by atoms with Gasteiger partial charge in [0.25, 0.3) is 0 Å². The van der Waals surface area contributed by atoms with Crippen molar-refractivity contribution >= 4 is 21.5 Å². The van der Waals surface area contributed by atoms with Gasteiger partial charge in [-0.3, -0.25) is 0 Å². The SMILES string of the molecule is N#Cc1cc(-c2cccc(-c3cc4c(c5ccccc35)-c3c(ccc5ccccc35)C4(c3ccccc3)c3ccccc3)c2)ccn1. The van der Waals surface area contributed by atoms with Gasteiger partial charge in [-0.15, -0.1) is 0 Å². The molecule has 218 valence electrons. The van der Waals surface area contributed by atoms with E-state index in [9.17, 15) is 5.26 Å². The molecule has 0 radical (unpaired) electrons. The Morgan fingerprint density at radius 2 is 1.09 bits per heavy atom. The molecule has 7 aromatic carbocycles. The predicted octanol–water partition coefficient (Wildman–Crippen LogP) is 11.0. The summed E-state index contributed by atoms with van der Waals surface area (Å²) in [5.74, 6) is 0. The lowest BCUT2D eigenvalue weighted by Gasteiger charge is -2.34. The van der Waals surface area contributed by atoms with Gasteiger partial charge < -0.3 is 0 Å². The first-order valence-electron chi connectivity index (χ1n) is 15.9. The Kier molecular flexibility index (Phi) is 6.13. The molecular formula is C45H28N2. The molecule has 0 spiro atoms. The molecule has 0 aliphatic heterocycles. The van der Waals surface area contributed by atoms with E-state index in [2.05, 4.69) is 163 Å². The van der Waals surface area contributed by atoms with Gasteiger partial charge in [-0.25, -0.2) is 4.98 Å². The number of nitrogens with zero attached hydrogens (tertiary/aromatic N) is 2. The first kappa shape index (κ1) is 27.0.